The second-order valence-electron chi connectivity index (χ2n) is 8.58. The van der Waals surface area contributed by atoms with Crippen molar-refractivity contribution in [1.82, 2.24) is 10.2 Å². The second-order valence-corrected chi connectivity index (χ2v) is 9.77. The monoisotopic (exact) mass is 480 g/mol. The number of rotatable bonds is 8. The highest BCUT2D eigenvalue weighted by atomic mass is 35.5. The quantitative estimate of drug-likeness (QED) is 0.419. The smallest absolute Gasteiger partial charge is 0.247 e. The molecule has 1 heterocycles. The van der Waals surface area contributed by atoms with Crippen molar-refractivity contribution in [1.29, 1.82) is 0 Å². The van der Waals surface area contributed by atoms with E-state index in [9.17, 15) is 9.59 Å². The number of amides is 2. The van der Waals surface area contributed by atoms with Crippen molar-refractivity contribution in [2.24, 2.45) is 0 Å². The predicted molar refractivity (Wildman–Crippen MR) is 134 cm³/mol. The Morgan fingerprint density at radius 3 is 2.42 bits per heavy atom. The molecule has 1 N–H and O–H groups in total. The van der Waals surface area contributed by atoms with Crippen molar-refractivity contribution >= 4 is 34.8 Å². The van der Waals surface area contributed by atoms with Gasteiger partial charge in [0.2, 0.25) is 11.8 Å². The highest BCUT2D eigenvalue weighted by Gasteiger charge is 2.33. The first-order valence-electron chi connectivity index (χ1n) is 11.5. The van der Waals surface area contributed by atoms with Gasteiger partial charge in [-0.25, -0.2) is 0 Å². The summed E-state index contributed by atoms with van der Waals surface area (Å²) in [6.07, 6.45) is 5.68. The molecule has 1 fully saturated rings. The zero-order chi connectivity index (χ0) is 23.0. The average molecular weight is 481 g/mol. The minimum absolute atomic E-state index is 0.0963. The Morgan fingerprint density at radius 2 is 1.73 bits per heavy atom. The molecule has 2 aromatic carbocycles. The number of benzene rings is 2. The van der Waals surface area contributed by atoms with Crippen molar-refractivity contribution in [3.63, 3.8) is 0 Å². The molecule has 3 aromatic rings. The molecule has 2 amide bonds. The summed E-state index contributed by atoms with van der Waals surface area (Å²) in [5, 5.41) is 7.78. The van der Waals surface area contributed by atoms with E-state index in [2.05, 4.69) is 5.32 Å². The van der Waals surface area contributed by atoms with E-state index in [1.807, 2.05) is 71.4 Å². The normalized spacial score (nSPS) is 15.1. The lowest BCUT2D eigenvalue weighted by molar-refractivity contribution is -0.141. The fourth-order valence-electron chi connectivity index (χ4n) is 4.44. The maximum Gasteiger partial charge on any atom is 0.247 e. The summed E-state index contributed by atoms with van der Waals surface area (Å²) in [5.41, 5.74) is 2.58. The van der Waals surface area contributed by atoms with Crippen molar-refractivity contribution in [3.8, 4) is 0 Å². The summed E-state index contributed by atoms with van der Waals surface area (Å²) in [7, 11) is 0. The maximum atomic E-state index is 13.7. The molecule has 1 atom stereocenters. The molecule has 1 saturated carbocycles. The molecule has 1 unspecified atom stereocenters. The Labute approximate surface area is 204 Å². The van der Waals surface area contributed by atoms with E-state index < -0.39 is 6.04 Å². The molecular formula is C27H29ClN2O2S. The van der Waals surface area contributed by atoms with Crippen molar-refractivity contribution in [2.75, 3.05) is 0 Å². The molecule has 0 spiro atoms. The number of carbonyl (C=O) groups is 2. The van der Waals surface area contributed by atoms with Crippen LogP contribution in [0.25, 0.3) is 0 Å². The van der Waals surface area contributed by atoms with Gasteiger partial charge in [-0.15, -0.1) is 0 Å². The molecule has 1 aliphatic rings. The van der Waals surface area contributed by atoms with Crippen LogP contribution in [0.3, 0.4) is 0 Å². The molecule has 0 bridgehead atoms. The van der Waals surface area contributed by atoms with Crippen LogP contribution in [-0.2, 0) is 22.6 Å². The van der Waals surface area contributed by atoms with Gasteiger partial charge in [-0.2, -0.15) is 11.3 Å². The zero-order valence-corrected chi connectivity index (χ0v) is 20.2. The van der Waals surface area contributed by atoms with Gasteiger partial charge in [0.25, 0.3) is 0 Å². The van der Waals surface area contributed by atoms with E-state index in [0.29, 0.717) is 5.02 Å². The van der Waals surface area contributed by atoms with Crippen LogP contribution in [0.2, 0.25) is 5.02 Å². The van der Waals surface area contributed by atoms with Crippen LogP contribution in [0.1, 0.15) is 54.8 Å². The molecule has 1 aliphatic carbocycles. The molecule has 33 heavy (non-hydrogen) atoms. The van der Waals surface area contributed by atoms with Crippen molar-refractivity contribution in [2.45, 2.75) is 57.2 Å². The van der Waals surface area contributed by atoms with E-state index >= 15 is 0 Å². The molecule has 172 valence electrons. The largest absolute Gasteiger partial charge is 0.351 e. The fourth-order valence-corrected chi connectivity index (χ4v) is 5.30. The molecule has 4 nitrogen and oxygen atoms in total. The summed E-state index contributed by atoms with van der Waals surface area (Å²) in [5.74, 6) is -0.222. The van der Waals surface area contributed by atoms with Crippen LogP contribution in [-0.4, -0.2) is 22.8 Å². The number of nitrogens with one attached hydrogen (secondary N) is 1. The molecule has 1 aromatic heterocycles. The third-order valence-electron chi connectivity index (χ3n) is 6.18. The topological polar surface area (TPSA) is 49.4 Å². The summed E-state index contributed by atoms with van der Waals surface area (Å²) < 4.78 is 0. The second kappa shape index (κ2) is 11.5. The average Bonchev–Trinajstić information content (AvgIpc) is 3.34. The summed E-state index contributed by atoms with van der Waals surface area (Å²) in [6, 6.07) is 18.5. The van der Waals surface area contributed by atoms with Gasteiger partial charge in [0.15, 0.2) is 0 Å². The summed E-state index contributed by atoms with van der Waals surface area (Å²) in [6.45, 7) is 0.264. The Kier molecular flexibility index (Phi) is 8.19. The first kappa shape index (κ1) is 23.5. The van der Waals surface area contributed by atoms with E-state index in [1.54, 1.807) is 16.2 Å². The fraction of sp³-hybridized carbons (Fsp3) is 0.333. The van der Waals surface area contributed by atoms with Crippen molar-refractivity contribution in [3.05, 3.63) is 93.1 Å². The SMILES string of the molecule is O=C(NC1CCCCC1)C(c1ccccc1)N(Cc1ccccc1Cl)C(=O)Cc1ccsc1. The van der Waals surface area contributed by atoms with Gasteiger partial charge in [-0.3, -0.25) is 9.59 Å². The van der Waals surface area contributed by atoms with Gasteiger partial charge in [0, 0.05) is 17.6 Å². The molecule has 0 radical (unpaired) electrons. The van der Waals surface area contributed by atoms with Gasteiger partial charge in [0.1, 0.15) is 6.04 Å². The lowest BCUT2D eigenvalue weighted by atomic mass is 9.94. The van der Waals surface area contributed by atoms with Crippen LogP contribution in [0.4, 0.5) is 0 Å². The highest BCUT2D eigenvalue weighted by Crippen LogP contribution is 2.28. The Bertz CT molecular complexity index is 1050. The Morgan fingerprint density at radius 1 is 1.00 bits per heavy atom. The predicted octanol–water partition coefficient (Wildman–Crippen LogP) is 6.16. The number of thiophene rings is 1. The molecule has 4 rings (SSSR count). The van der Waals surface area contributed by atoms with Gasteiger partial charge in [-0.05, 0) is 52.4 Å². The van der Waals surface area contributed by atoms with Crippen LogP contribution in [0.5, 0.6) is 0 Å². The number of hydrogen-bond donors (Lipinski definition) is 1. The first-order valence-corrected chi connectivity index (χ1v) is 12.8. The number of hydrogen-bond acceptors (Lipinski definition) is 3. The lowest BCUT2D eigenvalue weighted by Gasteiger charge is -2.33. The number of halogens is 1. The van der Waals surface area contributed by atoms with E-state index in [0.717, 1.165) is 42.4 Å². The third kappa shape index (κ3) is 6.24. The summed E-state index contributed by atoms with van der Waals surface area (Å²) in [4.78, 5) is 29.0. The third-order valence-corrected chi connectivity index (χ3v) is 7.28. The number of nitrogens with zero attached hydrogens (tertiary/aromatic N) is 1. The van der Waals surface area contributed by atoms with Crippen LogP contribution in [0, 0.1) is 0 Å². The van der Waals surface area contributed by atoms with E-state index in [4.69, 9.17) is 11.6 Å². The van der Waals surface area contributed by atoms with Gasteiger partial charge >= 0.3 is 0 Å². The molecular weight excluding hydrogens is 452 g/mol. The van der Waals surface area contributed by atoms with E-state index in [-0.39, 0.29) is 30.8 Å². The molecule has 0 aliphatic heterocycles. The molecule has 6 heteroatoms. The Balaban J connectivity index is 1.68. The maximum absolute atomic E-state index is 13.7. The minimum Gasteiger partial charge on any atom is -0.351 e. The van der Waals surface area contributed by atoms with Gasteiger partial charge < -0.3 is 10.2 Å². The van der Waals surface area contributed by atoms with Crippen molar-refractivity contribution < 1.29 is 9.59 Å². The van der Waals surface area contributed by atoms with Crippen LogP contribution >= 0.6 is 22.9 Å². The van der Waals surface area contributed by atoms with E-state index in [1.165, 1.54) is 6.42 Å². The van der Waals surface area contributed by atoms with Crippen LogP contribution in [0.15, 0.2) is 71.4 Å². The van der Waals surface area contributed by atoms with Gasteiger partial charge in [0.05, 0.1) is 6.42 Å². The van der Waals surface area contributed by atoms with Crippen LogP contribution < -0.4 is 5.32 Å². The first-order chi connectivity index (χ1) is 16.1. The Hall–Kier alpha value is -2.63. The zero-order valence-electron chi connectivity index (χ0n) is 18.6. The standard InChI is InChI=1S/C27H29ClN2O2S/c28-24-14-8-7-11-22(24)18-30(25(31)17-20-15-16-33-19-20)26(21-9-3-1-4-10-21)27(32)29-23-12-5-2-6-13-23/h1,3-4,7-11,14-16,19,23,26H,2,5-6,12-13,17-18H2,(H,29,32). The molecule has 0 saturated heterocycles. The lowest BCUT2D eigenvalue weighted by Crippen LogP contribution is -2.47. The van der Waals surface area contributed by atoms with Gasteiger partial charge in [-0.1, -0.05) is 79.4 Å². The summed E-state index contributed by atoms with van der Waals surface area (Å²) >= 11 is 8.03. The minimum atomic E-state index is -0.726. The number of carbonyl (C=O) groups excluding carboxylic acids is 2. The highest BCUT2D eigenvalue weighted by molar-refractivity contribution is 7.08.